The summed E-state index contributed by atoms with van der Waals surface area (Å²) in [5, 5.41) is 22.1. The van der Waals surface area contributed by atoms with Crippen LogP contribution in [0.1, 0.15) is 36.3 Å². The molecule has 194 valence electrons. The van der Waals surface area contributed by atoms with Crippen molar-refractivity contribution in [1.82, 2.24) is 19.7 Å². The second-order valence-corrected chi connectivity index (χ2v) is 10.2. The summed E-state index contributed by atoms with van der Waals surface area (Å²) in [5.74, 6) is 0.898. The molecule has 0 spiro atoms. The molecule has 0 aliphatic carbocycles. The number of hydrogen-bond acceptors (Lipinski definition) is 7. The van der Waals surface area contributed by atoms with Crippen LogP contribution in [0.15, 0.2) is 55.0 Å². The molecule has 11 heteroatoms. The molecular formula is C26H30Cl2N8O. The summed E-state index contributed by atoms with van der Waals surface area (Å²) in [6.45, 7) is 3.01. The third kappa shape index (κ3) is 6.30. The minimum atomic E-state index is -0.433. The summed E-state index contributed by atoms with van der Waals surface area (Å²) < 4.78 is 7.80. The van der Waals surface area contributed by atoms with E-state index in [-0.39, 0.29) is 0 Å². The number of pyridine rings is 1. The van der Waals surface area contributed by atoms with Crippen LogP contribution in [0.2, 0.25) is 10.0 Å². The van der Waals surface area contributed by atoms with Crippen LogP contribution in [-0.4, -0.2) is 49.8 Å². The summed E-state index contributed by atoms with van der Waals surface area (Å²) in [6, 6.07) is 7.14. The predicted octanol–water partition coefficient (Wildman–Crippen LogP) is 4.39. The number of allylic oxidation sites excluding steroid dienone is 1. The van der Waals surface area contributed by atoms with Gasteiger partial charge >= 0.3 is 0 Å². The molecule has 2 aromatic heterocycles. The number of nitrogens with one attached hydrogen (secondary N) is 2. The second kappa shape index (κ2) is 10.9. The van der Waals surface area contributed by atoms with Crippen molar-refractivity contribution in [3.63, 3.8) is 0 Å². The maximum Gasteiger partial charge on any atom is 0.124 e. The Morgan fingerprint density at radius 3 is 2.57 bits per heavy atom. The van der Waals surface area contributed by atoms with Gasteiger partial charge in [0.05, 0.1) is 21.3 Å². The van der Waals surface area contributed by atoms with Gasteiger partial charge in [0.15, 0.2) is 0 Å². The number of anilines is 1. The van der Waals surface area contributed by atoms with E-state index >= 15 is 0 Å². The fraction of sp³-hybridized carbons (Fsp3) is 0.308. The van der Waals surface area contributed by atoms with Gasteiger partial charge in [-0.25, -0.2) is 0 Å². The molecule has 1 saturated heterocycles. The standard InChI is InChI=1S/C26H30Cl2N8O/c1-16(25-20(27)12-33-13-21(25)28)37-18-6-7-23(30)19(10-18)22(29)4-3-5-24(31)36-14-26(32,15-36)11-17-8-9-35(2)34-17/h3,5-10,12-13,16,29,31H,4,11,14-15,30,32H2,1-2H3/b5-3-,29-22?,31-24?/t16-/m1/s1. The Labute approximate surface area is 226 Å². The molecule has 1 fully saturated rings. The van der Waals surface area contributed by atoms with Crippen molar-refractivity contribution in [3.8, 4) is 5.75 Å². The molecular weight excluding hydrogens is 511 g/mol. The number of nitrogens with two attached hydrogens (primary N) is 2. The highest BCUT2D eigenvalue weighted by atomic mass is 35.5. The zero-order valence-corrected chi connectivity index (χ0v) is 22.2. The molecule has 0 bridgehead atoms. The normalized spacial score (nSPS) is 15.4. The second-order valence-electron chi connectivity index (χ2n) is 9.37. The summed E-state index contributed by atoms with van der Waals surface area (Å²) in [6.07, 6.45) is 8.96. The summed E-state index contributed by atoms with van der Waals surface area (Å²) in [5.41, 5.74) is 15.1. The van der Waals surface area contributed by atoms with Crippen LogP contribution < -0.4 is 16.2 Å². The Bertz CT molecular complexity index is 1330. The van der Waals surface area contributed by atoms with Crippen molar-refractivity contribution >= 4 is 40.4 Å². The fourth-order valence-electron chi connectivity index (χ4n) is 4.36. The predicted molar refractivity (Wildman–Crippen MR) is 148 cm³/mol. The number of aryl methyl sites for hydroxylation is 1. The average Bonchev–Trinajstić information content (AvgIpc) is 3.22. The maximum absolute atomic E-state index is 8.53. The van der Waals surface area contributed by atoms with E-state index in [1.165, 1.54) is 12.4 Å². The van der Waals surface area contributed by atoms with Gasteiger partial charge in [-0.1, -0.05) is 29.3 Å². The first-order valence-electron chi connectivity index (χ1n) is 11.7. The van der Waals surface area contributed by atoms with Gasteiger partial charge in [0.1, 0.15) is 17.7 Å². The van der Waals surface area contributed by atoms with Crippen LogP contribution in [-0.2, 0) is 13.5 Å². The van der Waals surface area contributed by atoms with Crippen molar-refractivity contribution in [2.45, 2.75) is 31.4 Å². The first kappa shape index (κ1) is 26.7. The van der Waals surface area contributed by atoms with Crippen LogP contribution >= 0.6 is 23.2 Å². The molecule has 0 radical (unpaired) electrons. The number of nitrogen functional groups attached to an aromatic ring is 1. The number of hydrogen-bond donors (Lipinski definition) is 4. The van der Waals surface area contributed by atoms with Crippen molar-refractivity contribution in [3.05, 3.63) is 81.9 Å². The van der Waals surface area contributed by atoms with Gasteiger partial charge in [-0.3, -0.25) is 15.1 Å². The SMILES string of the molecule is C[C@@H](Oc1ccc(N)c(C(=N)C/C=C\C(=N)N2CC(N)(Cc3ccn(C)n3)C2)c1)c1c(Cl)cncc1Cl. The van der Waals surface area contributed by atoms with E-state index in [9.17, 15) is 0 Å². The summed E-state index contributed by atoms with van der Waals surface area (Å²) in [4.78, 5) is 5.88. The van der Waals surface area contributed by atoms with E-state index in [2.05, 4.69) is 10.1 Å². The Morgan fingerprint density at radius 2 is 1.92 bits per heavy atom. The number of benzene rings is 1. The zero-order valence-electron chi connectivity index (χ0n) is 20.7. The van der Waals surface area contributed by atoms with Crippen LogP contribution in [0.5, 0.6) is 5.75 Å². The minimum absolute atomic E-state index is 0.309. The molecule has 37 heavy (non-hydrogen) atoms. The number of likely N-dealkylation sites (tertiary alicyclic amines) is 1. The molecule has 1 aromatic carbocycles. The summed E-state index contributed by atoms with van der Waals surface area (Å²) >= 11 is 12.5. The lowest BCUT2D eigenvalue weighted by Crippen LogP contribution is -2.69. The molecule has 1 aliphatic heterocycles. The lowest BCUT2D eigenvalue weighted by atomic mass is 9.86. The van der Waals surface area contributed by atoms with Gasteiger partial charge < -0.3 is 26.5 Å². The molecule has 9 nitrogen and oxygen atoms in total. The van der Waals surface area contributed by atoms with E-state index in [1.807, 2.05) is 31.1 Å². The van der Waals surface area contributed by atoms with Crippen molar-refractivity contribution < 1.29 is 4.74 Å². The monoisotopic (exact) mass is 540 g/mol. The molecule has 1 aliphatic rings. The minimum Gasteiger partial charge on any atom is -0.486 e. The molecule has 4 rings (SSSR count). The van der Waals surface area contributed by atoms with Crippen LogP contribution in [0, 0.1) is 10.8 Å². The molecule has 0 amide bonds. The topological polar surface area (TPSA) is 143 Å². The highest BCUT2D eigenvalue weighted by Gasteiger charge is 2.40. The maximum atomic E-state index is 8.53. The van der Waals surface area contributed by atoms with Crippen LogP contribution in [0.25, 0.3) is 0 Å². The van der Waals surface area contributed by atoms with Gasteiger partial charge in [-0.05, 0) is 37.3 Å². The number of rotatable bonds is 9. The van der Waals surface area contributed by atoms with Crippen molar-refractivity contribution in [2.24, 2.45) is 12.8 Å². The molecule has 0 saturated carbocycles. The smallest absolute Gasteiger partial charge is 0.124 e. The highest BCUT2D eigenvalue weighted by molar-refractivity contribution is 6.35. The third-order valence-electron chi connectivity index (χ3n) is 6.21. The highest BCUT2D eigenvalue weighted by Crippen LogP contribution is 2.33. The average molecular weight is 541 g/mol. The lowest BCUT2D eigenvalue weighted by molar-refractivity contribution is 0.144. The lowest BCUT2D eigenvalue weighted by Gasteiger charge is -2.48. The van der Waals surface area contributed by atoms with E-state index in [0.29, 0.717) is 70.1 Å². The Balaban J connectivity index is 1.32. The van der Waals surface area contributed by atoms with E-state index in [0.717, 1.165) is 5.69 Å². The Morgan fingerprint density at radius 1 is 1.22 bits per heavy atom. The fourth-order valence-corrected chi connectivity index (χ4v) is 5.03. The molecule has 1 atom stereocenters. The number of nitrogens with zero attached hydrogens (tertiary/aromatic N) is 4. The van der Waals surface area contributed by atoms with E-state index < -0.39 is 11.6 Å². The summed E-state index contributed by atoms with van der Waals surface area (Å²) in [7, 11) is 1.88. The van der Waals surface area contributed by atoms with E-state index in [4.69, 9.17) is 50.2 Å². The number of ether oxygens (including phenoxy) is 1. The van der Waals surface area contributed by atoms with Crippen molar-refractivity contribution in [2.75, 3.05) is 18.8 Å². The van der Waals surface area contributed by atoms with Crippen molar-refractivity contribution in [1.29, 1.82) is 10.8 Å². The van der Waals surface area contributed by atoms with Gasteiger partial charge in [0.2, 0.25) is 0 Å². The molecule has 3 aromatic rings. The zero-order chi connectivity index (χ0) is 26.7. The molecule has 3 heterocycles. The quantitative estimate of drug-likeness (QED) is 0.180. The van der Waals surface area contributed by atoms with Crippen LogP contribution in [0.4, 0.5) is 5.69 Å². The molecule has 6 N–H and O–H groups in total. The number of halogens is 2. The Kier molecular flexibility index (Phi) is 7.87. The van der Waals surface area contributed by atoms with Crippen LogP contribution in [0.3, 0.4) is 0 Å². The first-order valence-corrected chi connectivity index (χ1v) is 12.5. The van der Waals surface area contributed by atoms with Gasteiger partial charge in [0.25, 0.3) is 0 Å². The molecule has 0 unspecified atom stereocenters. The first-order chi connectivity index (χ1) is 17.5. The van der Waals surface area contributed by atoms with Gasteiger partial charge in [-0.15, -0.1) is 0 Å². The Hall–Kier alpha value is -3.40. The number of amidine groups is 1. The number of aromatic nitrogens is 3. The van der Waals surface area contributed by atoms with Gasteiger partial charge in [-0.2, -0.15) is 5.10 Å². The third-order valence-corrected chi connectivity index (χ3v) is 6.81. The van der Waals surface area contributed by atoms with E-state index in [1.54, 1.807) is 35.0 Å². The van der Waals surface area contributed by atoms with Gasteiger partial charge in [0, 0.05) is 74.1 Å². The largest absolute Gasteiger partial charge is 0.486 e.